The van der Waals surface area contributed by atoms with Crippen LogP contribution >= 0.6 is 0 Å². The fourth-order valence-corrected chi connectivity index (χ4v) is 3.32. The first-order valence-corrected chi connectivity index (χ1v) is 7.16. The lowest BCUT2D eigenvalue weighted by atomic mass is 9.78. The van der Waals surface area contributed by atoms with Crippen molar-refractivity contribution >= 4 is 0 Å². The van der Waals surface area contributed by atoms with Gasteiger partial charge in [0.1, 0.15) is 0 Å². The molecular formula is C14H26N4. The maximum absolute atomic E-state index is 5.82. The number of aryl methyl sites for hydroxylation is 2. The van der Waals surface area contributed by atoms with Crippen LogP contribution < -0.4 is 11.3 Å². The van der Waals surface area contributed by atoms with Crippen LogP contribution in [0.2, 0.25) is 0 Å². The van der Waals surface area contributed by atoms with E-state index in [0.29, 0.717) is 5.92 Å². The quantitative estimate of drug-likeness (QED) is 0.638. The zero-order chi connectivity index (χ0) is 13.1. The number of nitrogens with two attached hydrogens (primary N) is 1. The lowest BCUT2D eigenvalue weighted by Gasteiger charge is -2.33. The van der Waals surface area contributed by atoms with E-state index in [2.05, 4.69) is 35.1 Å². The average molecular weight is 250 g/mol. The van der Waals surface area contributed by atoms with Crippen molar-refractivity contribution in [2.45, 2.75) is 59.0 Å². The second-order valence-corrected chi connectivity index (χ2v) is 5.70. The first-order chi connectivity index (χ1) is 8.65. The topological polar surface area (TPSA) is 55.9 Å². The molecule has 3 N–H and O–H groups in total. The standard InChI is InChI=1S/C14H26N4/c1-4-18-13(9-11(3)17-18)14(16-15)12-7-5-6-10(2)8-12/h9-10,12,14,16H,4-8,15H2,1-3H3. The Morgan fingerprint density at radius 2 is 2.33 bits per heavy atom. The Hall–Kier alpha value is -0.870. The molecule has 4 nitrogen and oxygen atoms in total. The van der Waals surface area contributed by atoms with Crippen LogP contribution in [0.15, 0.2) is 6.07 Å². The molecular weight excluding hydrogens is 224 g/mol. The molecule has 3 unspecified atom stereocenters. The van der Waals surface area contributed by atoms with E-state index in [9.17, 15) is 0 Å². The molecule has 0 spiro atoms. The molecule has 1 aliphatic carbocycles. The normalized spacial score (nSPS) is 26.2. The van der Waals surface area contributed by atoms with Gasteiger partial charge in [-0.2, -0.15) is 5.10 Å². The van der Waals surface area contributed by atoms with Gasteiger partial charge >= 0.3 is 0 Å². The van der Waals surface area contributed by atoms with Gasteiger partial charge in [0.05, 0.1) is 17.4 Å². The van der Waals surface area contributed by atoms with Crippen LogP contribution in [-0.2, 0) is 6.54 Å². The van der Waals surface area contributed by atoms with Gasteiger partial charge in [0.15, 0.2) is 0 Å². The van der Waals surface area contributed by atoms with Crippen molar-refractivity contribution in [1.82, 2.24) is 15.2 Å². The van der Waals surface area contributed by atoms with Gasteiger partial charge in [0, 0.05) is 6.54 Å². The van der Waals surface area contributed by atoms with Crippen molar-refractivity contribution < 1.29 is 0 Å². The first kappa shape index (κ1) is 13.6. The zero-order valence-corrected chi connectivity index (χ0v) is 11.8. The molecule has 0 radical (unpaired) electrons. The Morgan fingerprint density at radius 1 is 1.56 bits per heavy atom. The summed E-state index contributed by atoms with van der Waals surface area (Å²) in [6.07, 6.45) is 5.22. The lowest BCUT2D eigenvalue weighted by molar-refractivity contribution is 0.217. The fraction of sp³-hybridized carbons (Fsp3) is 0.786. The summed E-state index contributed by atoms with van der Waals surface area (Å²) >= 11 is 0. The summed E-state index contributed by atoms with van der Waals surface area (Å²) in [4.78, 5) is 0. The van der Waals surface area contributed by atoms with Crippen LogP contribution in [0.3, 0.4) is 0 Å². The minimum absolute atomic E-state index is 0.244. The number of hydrogen-bond acceptors (Lipinski definition) is 3. The summed E-state index contributed by atoms with van der Waals surface area (Å²) in [5, 5.41) is 4.53. The van der Waals surface area contributed by atoms with Gasteiger partial charge < -0.3 is 0 Å². The van der Waals surface area contributed by atoms with Crippen LogP contribution in [0, 0.1) is 18.8 Å². The van der Waals surface area contributed by atoms with Crippen molar-refractivity contribution in [2.24, 2.45) is 17.7 Å². The minimum Gasteiger partial charge on any atom is -0.271 e. The minimum atomic E-state index is 0.244. The molecule has 0 amide bonds. The van der Waals surface area contributed by atoms with Crippen molar-refractivity contribution in [3.63, 3.8) is 0 Å². The molecule has 1 aromatic rings. The van der Waals surface area contributed by atoms with Crippen LogP contribution in [0.1, 0.15) is 57.0 Å². The Bertz CT molecular complexity index is 385. The zero-order valence-electron chi connectivity index (χ0n) is 11.8. The van der Waals surface area contributed by atoms with Gasteiger partial charge in [0.2, 0.25) is 0 Å². The van der Waals surface area contributed by atoms with Crippen molar-refractivity contribution in [2.75, 3.05) is 0 Å². The van der Waals surface area contributed by atoms with E-state index in [-0.39, 0.29) is 6.04 Å². The molecule has 18 heavy (non-hydrogen) atoms. The predicted molar refractivity (Wildman–Crippen MR) is 73.8 cm³/mol. The Labute approximate surface area is 110 Å². The van der Waals surface area contributed by atoms with E-state index in [4.69, 9.17) is 5.84 Å². The smallest absolute Gasteiger partial charge is 0.0657 e. The molecule has 2 rings (SSSR count). The highest BCUT2D eigenvalue weighted by atomic mass is 15.3. The highest BCUT2D eigenvalue weighted by Gasteiger charge is 2.29. The summed E-state index contributed by atoms with van der Waals surface area (Å²) in [5.74, 6) is 7.28. The maximum Gasteiger partial charge on any atom is 0.0657 e. The van der Waals surface area contributed by atoms with Gasteiger partial charge in [-0.25, -0.2) is 0 Å². The summed E-state index contributed by atoms with van der Waals surface area (Å²) in [5.41, 5.74) is 5.36. The van der Waals surface area contributed by atoms with Gasteiger partial charge in [-0.1, -0.05) is 19.8 Å². The molecule has 102 valence electrons. The first-order valence-electron chi connectivity index (χ1n) is 7.16. The molecule has 3 atom stereocenters. The fourth-order valence-electron chi connectivity index (χ4n) is 3.32. The van der Waals surface area contributed by atoms with Crippen LogP contribution in [0.5, 0.6) is 0 Å². The van der Waals surface area contributed by atoms with E-state index in [1.54, 1.807) is 0 Å². The number of hydrazine groups is 1. The molecule has 0 bridgehead atoms. The summed E-state index contributed by atoms with van der Waals surface area (Å²) in [6, 6.07) is 2.42. The summed E-state index contributed by atoms with van der Waals surface area (Å²) in [6.45, 7) is 7.44. The van der Waals surface area contributed by atoms with Crippen LogP contribution in [0.25, 0.3) is 0 Å². The van der Waals surface area contributed by atoms with E-state index in [1.165, 1.54) is 31.4 Å². The molecule has 1 saturated carbocycles. The van der Waals surface area contributed by atoms with E-state index < -0.39 is 0 Å². The van der Waals surface area contributed by atoms with Crippen LogP contribution in [-0.4, -0.2) is 9.78 Å². The van der Waals surface area contributed by atoms with E-state index in [1.807, 2.05) is 6.92 Å². The Morgan fingerprint density at radius 3 is 2.94 bits per heavy atom. The maximum atomic E-state index is 5.82. The molecule has 0 aliphatic heterocycles. The number of aromatic nitrogens is 2. The third-order valence-electron chi connectivity index (χ3n) is 4.18. The van der Waals surface area contributed by atoms with Gasteiger partial charge in [0.25, 0.3) is 0 Å². The van der Waals surface area contributed by atoms with Crippen LogP contribution in [0.4, 0.5) is 0 Å². The monoisotopic (exact) mass is 250 g/mol. The molecule has 0 aromatic carbocycles. The highest BCUT2D eigenvalue weighted by molar-refractivity contribution is 5.14. The summed E-state index contributed by atoms with van der Waals surface area (Å²) < 4.78 is 2.08. The van der Waals surface area contributed by atoms with Crippen molar-refractivity contribution in [3.05, 3.63) is 17.5 Å². The second kappa shape index (κ2) is 5.85. The third kappa shape index (κ3) is 2.75. The van der Waals surface area contributed by atoms with Crippen molar-refractivity contribution in [1.29, 1.82) is 0 Å². The number of hydrogen-bond donors (Lipinski definition) is 2. The lowest BCUT2D eigenvalue weighted by Crippen LogP contribution is -2.37. The molecule has 1 aliphatic rings. The molecule has 0 saturated heterocycles. The van der Waals surface area contributed by atoms with Gasteiger partial charge in [-0.3, -0.25) is 16.0 Å². The second-order valence-electron chi connectivity index (χ2n) is 5.70. The predicted octanol–water partition coefficient (Wildman–Crippen LogP) is 2.54. The van der Waals surface area contributed by atoms with Gasteiger partial charge in [-0.15, -0.1) is 0 Å². The average Bonchev–Trinajstić information content (AvgIpc) is 2.71. The highest BCUT2D eigenvalue weighted by Crippen LogP contribution is 2.36. The third-order valence-corrected chi connectivity index (χ3v) is 4.18. The van der Waals surface area contributed by atoms with E-state index in [0.717, 1.165) is 18.2 Å². The van der Waals surface area contributed by atoms with Gasteiger partial charge in [-0.05, 0) is 44.6 Å². The number of nitrogens with one attached hydrogen (secondary N) is 1. The Balaban J connectivity index is 2.21. The summed E-state index contributed by atoms with van der Waals surface area (Å²) in [7, 11) is 0. The molecule has 4 heteroatoms. The number of rotatable bonds is 4. The Kier molecular flexibility index (Phi) is 4.40. The SMILES string of the molecule is CCn1nc(C)cc1C(NN)C1CCCC(C)C1. The van der Waals surface area contributed by atoms with E-state index >= 15 is 0 Å². The molecule has 1 fully saturated rings. The number of nitrogens with zero attached hydrogens (tertiary/aromatic N) is 2. The molecule has 1 heterocycles. The molecule has 1 aromatic heterocycles. The van der Waals surface area contributed by atoms with Crippen molar-refractivity contribution in [3.8, 4) is 0 Å². The largest absolute Gasteiger partial charge is 0.271 e.